The van der Waals surface area contributed by atoms with Crippen molar-refractivity contribution in [1.82, 2.24) is 10.3 Å². The van der Waals surface area contributed by atoms with Crippen LogP contribution in [0.2, 0.25) is 0 Å². The van der Waals surface area contributed by atoms with E-state index in [0.29, 0.717) is 6.04 Å². The van der Waals surface area contributed by atoms with Crippen LogP contribution in [0.5, 0.6) is 0 Å². The van der Waals surface area contributed by atoms with Crippen molar-refractivity contribution in [3.8, 4) is 0 Å². The summed E-state index contributed by atoms with van der Waals surface area (Å²) in [4.78, 5) is 4.75. The summed E-state index contributed by atoms with van der Waals surface area (Å²) in [7, 11) is 2.06. The highest BCUT2D eigenvalue weighted by Crippen LogP contribution is 2.34. The summed E-state index contributed by atoms with van der Waals surface area (Å²) in [6.45, 7) is 0. The molecule has 0 bridgehead atoms. The van der Waals surface area contributed by atoms with Gasteiger partial charge in [-0.25, -0.2) is 0 Å². The smallest absolute Gasteiger partial charge is 0.0705 e. The Morgan fingerprint density at radius 2 is 2.06 bits per heavy atom. The normalized spacial score (nSPS) is 16.9. The van der Waals surface area contributed by atoms with E-state index >= 15 is 0 Å². The van der Waals surface area contributed by atoms with E-state index in [1.54, 1.807) is 0 Å². The largest absolute Gasteiger partial charge is 0.317 e. The molecule has 1 N–H and O–H groups in total. The number of rotatable bonds is 5. The number of hydrogen-bond acceptors (Lipinski definition) is 2. The molecule has 1 heterocycles. The number of aromatic nitrogens is 1. The molecule has 1 aromatic carbocycles. The number of nitrogens with zero attached hydrogens (tertiary/aromatic N) is 1. The van der Waals surface area contributed by atoms with E-state index in [2.05, 4.69) is 48.8 Å². The Labute approximate surface area is 108 Å². The molecule has 0 saturated heterocycles. The number of nitrogens with one attached hydrogen (secondary N) is 1. The number of fused-ring (bicyclic) bond motifs is 1. The summed E-state index contributed by atoms with van der Waals surface area (Å²) in [5.74, 6) is 0.961. The lowest BCUT2D eigenvalue weighted by Crippen LogP contribution is -2.28. The highest BCUT2D eigenvalue weighted by molar-refractivity contribution is 5.78. The molecule has 1 aliphatic carbocycles. The minimum absolute atomic E-state index is 0.575. The number of hydrogen-bond donors (Lipinski definition) is 1. The first kappa shape index (κ1) is 11.7. The van der Waals surface area contributed by atoms with Gasteiger partial charge in [-0.2, -0.15) is 0 Å². The summed E-state index contributed by atoms with van der Waals surface area (Å²) >= 11 is 0. The molecule has 18 heavy (non-hydrogen) atoms. The number of likely N-dealkylation sites (N-methyl/N-ethyl adjacent to an activating group) is 1. The summed E-state index contributed by atoms with van der Waals surface area (Å²) in [5.41, 5.74) is 2.31. The van der Waals surface area contributed by atoms with E-state index in [0.717, 1.165) is 17.9 Å². The Hall–Kier alpha value is -1.41. The minimum Gasteiger partial charge on any atom is -0.317 e. The van der Waals surface area contributed by atoms with Gasteiger partial charge in [0.2, 0.25) is 0 Å². The third kappa shape index (κ3) is 2.70. The third-order valence-corrected chi connectivity index (χ3v) is 3.83. The monoisotopic (exact) mass is 240 g/mol. The Balaban J connectivity index is 1.76. The Kier molecular flexibility index (Phi) is 3.28. The molecule has 2 nitrogen and oxygen atoms in total. The van der Waals surface area contributed by atoms with Crippen LogP contribution in [0.1, 0.15) is 25.0 Å². The standard InChI is InChI=1S/C16H20N2/c1-17-15(10-12-6-7-12)11-14-9-8-13-4-2-3-5-16(13)18-14/h2-5,8-9,12,15,17H,6-7,10-11H2,1H3. The lowest BCUT2D eigenvalue weighted by Gasteiger charge is -2.15. The van der Waals surface area contributed by atoms with Gasteiger partial charge in [0, 0.05) is 23.5 Å². The van der Waals surface area contributed by atoms with Crippen molar-refractivity contribution in [1.29, 1.82) is 0 Å². The second-order valence-corrected chi connectivity index (χ2v) is 5.36. The summed E-state index contributed by atoms with van der Waals surface area (Å²) < 4.78 is 0. The van der Waals surface area contributed by atoms with Crippen LogP contribution in [0.15, 0.2) is 36.4 Å². The van der Waals surface area contributed by atoms with Crippen molar-refractivity contribution in [3.05, 3.63) is 42.1 Å². The first-order valence-corrected chi connectivity index (χ1v) is 6.87. The molecule has 1 unspecified atom stereocenters. The van der Waals surface area contributed by atoms with Crippen LogP contribution in [-0.2, 0) is 6.42 Å². The van der Waals surface area contributed by atoms with Gasteiger partial charge < -0.3 is 5.32 Å². The van der Waals surface area contributed by atoms with Crippen molar-refractivity contribution < 1.29 is 0 Å². The number of para-hydroxylation sites is 1. The highest BCUT2D eigenvalue weighted by atomic mass is 14.9. The van der Waals surface area contributed by atoms with E-state index < -0.39 is 0 Å². The average Bonchev–Trinajstić information content (AvgIpc) is 3.22. The average molecular weight is 240 g/mol. The lowest BCUT2D eigenvalue weighted by molar-refractivity contribution is 0.487. The second kappa shape index (κ2) is 5.07. The van der Waals surface area contributed by atoms with Crippen molar-refractivity contribution in [2.24, 2.45) is 5.92 Å². The van der Waals surface area contributed by atoms with E-state index in [1.165, 1.54) is 30.3 Å². The number of pyridine rings is 1. The predicted octanol–water partition coefficient (Wildman–Crippen LogP) is 3.17. The first-order chi connectivity index (χ1) is 8.85. The molecule has 2 aromatic rings. The number of benzene rings is 1. The van der Waals surface area contributed by atoms with Gasteiger partial charge in [-0.3, -0.25) is 4.98 Å². The maximum absolute atomic E-state index is 4.75. The van der Waals surface area contributed by atoms with Crippen LogP contribution in [0, 0.1) is 5.92 Å². The fourth-order valence-electron chi connectivity index (χ4n) is 2.53. The Morgan fingerprint density at radius 1 is 1.22 bits per heavy atom. The van der Waals surface area contributed by atoms with Gasteiger partial charge in [-0.05, 0) is 31.5 Å². The van der Waals surface area contributed by atoms with E-state index in [1.807, 2.05) is 0 Å². The van der Waals surface area contributed by atoms with Crippen LogP contribution in [-0.4, -0.2) is 18.1 Å². The molecule has 1 fully saturated rings. The molecule has 94 valence electrons. The molecule has 1 saturated carbocycles. The quantitative estimate of drug-likeness (QED) is 0.868. The highest BCUT2D eigenvalue weighted by Gasteiger charge is 2.24. The maximum atomic E-state index is 4.75. The SMILES string of the molecule is CNC(Cc1ccc2ccccc2n1)CC1CC1. The molecule has 2 heteroatoms. The molecular formula is C16H20N2. The molecule has 1 atom stereocenters. The van der Waals surface area contributed by atoms with Crippen LogP contribution in [0.25, 0.3) is 10.9 Å². The Bertz CT molecular complexity index is 531. The molecule has 1 aliphatic rings. The van der Waals surface area contributed by atoms with Crippen LogP contribution < -0.4 is 5.32 Å². The van der Waals surface area contributed by atoms with Gasteiger partial charge in [0.1, 0.15) is 0 Å². The predicted molar refractivity (Wildman–Crippen MR) is 75.6 cm³/mol. The molecule has 0 radical (unpaired) electrons. The lowest BCUT2D eigenvalue weighted by atomic mass is 10.0. The van der Waals surface area contributed by atoms with Crippen molar-refractivity contribution in [3.63, 3.8) is 0 Å². The van der Waals surface area contributed by atoms with Gasteiger partial charge in [-0.1, -0.05) is 37.1 Å². The minimum atomic E-state index is 0.575. The first-order valence-electron chi connectivity index (χ1n) is 6.87. The molecule has 0 amide bonds. The molecular weight excluding hydrogens is 220 g/mol. The maximum Gasteiger partial charge on any atom is 0.0705 e. The third-order valence-electron chi connectivity index (χ3n) is 3.83. The zero-order valence-corrected chi connectivity index (χ0v) is 10.9. The van der Waals surface area contributed by atoms with Crippen LogP contribution in [0.4, 0.5) is 0 Å². The van der Waals surface area contributed by atoms with E-state index in [9.17, 15) is 0 Å². The van der Waals surface area contributed by atoms with Crippen molar-refractivity contribution >= 4 is 10.9 Å². The van der Waals surface area contributed by atoms with Gasteiger partial charge in [-0.15, -0.1) is 0 Å². The van der Waals surface area contributed by atoms with E-state index in [-0.39, 0.29) is 0 Å². The zero-order valence-electron chi connectivity index (χ0n) is 10.9. The summed E-state index contributed by atoms with van der Waals surface area (Å²) in [6.07, 6.45) is 5.18. The zero-order chi connectivity index (χ0) is 12.4. The molecule has 1 aromatic heterocycles. The molecule has 0 spiro atoms. The van der Waals surface area contributed by atoms with Crippen molar-refractivity contribution in [2.75, 3.05) is 7.05 Å². The van der Waals surface area contributed by atoms with Gasteiger partial charge in [0.25, 0.3) is 0 Å². The fraction of sp³-hybridized carbons (Fsp3) is 0.438. The Morgan fingerprint density at radius 3 is 2.83 bits per heavy atom. The van der Waals surface area contributed by atoms with Gasteiger partial charge >= 0.3 is 0 Å². The van der Waals surface area contributed by atoms with E-state index in [4.69, 9.17) is 4.98 Å². The van der Waals surface area contributed by atoms with Gasteiger partial charge in [0.15, 0.2) is 0 Å². The summed E-state index contributed by atoms with van der Waals surface area (Å²) in [5, 5.41) is 4.66. The second-order valence-electron chi connectivity index (χ2n) is 5.36. The van der Waals surface area contributed by atoms with Gasteiger partial charge in [0.05, 0.1) is 5.52 Å². The molecule has 3 rings (SSSR count). The molecule has 0 aliphatic heterocycles. The van der Waals surface area contributed by atoms with Crippen LogP contribution >= 0.6 is 0 Å². The fourth-order valence-corrected chi connectivity index (χ4v) is 2.53. The summed E-state index contributed by atoms with van der Waals surface area (Å²) in [6, 6.07) is 13.2. The topological polar surface area (TPSA) is 24.9 Å². The van der Waals surface area contributed by atoms with Crippen LogP contribution in [0.3, 0.4) is 0 Å². The van der Waals surface area contributed by atoms with Crippen molar-refractivity contribution in [2.45, 2.75) is 31.7 Å².